The summed E-state index contributed by atoms with van der Waals surface area (Å²) >= 11 is 0. The monoisotopic (exact) mass is 128 g/mol. The minimum Gasteiger partial charge on any atom is -0.872 e. The van der Waals surface area contributed by atoms with Crippen molar-refractivity contribution in [3.63, 3.8) is 0 Å². The van der Waals surface area contributed by atoms with E-state index < -0.39 is 0 Å². The molecule has 1 rings (SSSR count). The van der Waals surface area contributed by atoms with Crippen molar-refractivity contribution in [1.82, 2.24) is 0 Å². The fourth-order valence-corrected chi connectivity index (χ4v) is 0.799. The number of rotatable bonds is 0. The van der Waals surface area contributed by atoms with Crippen LogP contribution in [-0.4, -0.2) is 0 Å². The zero-order valence-electron chi connectivity index (χ0n) is 6.64. The van der Waals surface area contributed by atoms with Crippen LogP contribution in [0.3, 0.4) is 0 Å². The molecule has 0 saturated heterocycles. The maximum absolute atomic E-state index is 11.0. The Morgan fingerprint density at radius 3 is 1.80 bits per heavy atom. The summed E-state index contributed by atoms with van der Waals surface area (Å²) in [7, 11) is 0. The Morgan fingerprint density at radius 1 is 1.10 bits per heavy atom. The van der Waals surface area contributed by atoms with E-state index in [2.05, 4.69) is 0 Å². The summed E-state index contributed by atoms with van der Waals surface area (Å²) in [5, 5.41) is 11.0. The first-order valence-electron chi connectivity index (χ1n) is 2.95. The molecule has 10 heavy (non-hydrogen) atoms. The van der Waals surface area contributed by atoms with Gasteiger partial charge in [0.1, 0.15) is 0 Å². The van der Waals surface area contributed by atoms with Crippen molar-refractivity contribution in [2.24, 2.45) is 0 Å². The predicted octanol–water partition coefficient (Wildman–Crippen LogP) is -1.62. The van der Waals surface area contributed by atoms with Crippen molar-refractivity contribution < 1.29 is 24.0 Å². The Hall–Kier alpha value is -0.383. The molecule has 0 amide bonds. The van der Waals surface area contributed by atoms with Gasteiger partial charge in [-0.3, -0.25) is 0 Å². The van der Waals surface area contributed by atoms with Crippen LogP contribution in [0.2, 0.25) is 0 Å². The van der Waals surface area contributed by atoms with Gasteiger partial charge in [0.2, 0.25) is 0 Å². The van der Waals surface area contributed by atoms with Crippen LogP contribution in [0.5, 0.6) is 5.75 Å². The first-order chi connectivity index (χ1) is 4.22. The molecule has 0 unspecified atom stereocenters. The molecule has 0 aliphatic rings. The van der Waals surface area contributed by atoms with Crippen LogP contribution in [0.1, 0.15) is 11.1 Å². The minimum atomic E-state index is 0. The molecule has 0 heterocycles. The van der Waals surface area contributed by atoms with Gasteiger partial charge < -0.3 is 5.11 Å². The number of para-hydroxylation sites is 1. The van der Waals surface area contributed by atoms with E-state index in [-0.39, 0.29) is 24.6 Å². The Morgan fingerprint density at radius 2 is 1.50 bits per heavy atom. The van der Waals surface area contributed by atoms with Crippen LogP contribution in [-0.2, 0) is 0 Å². The number of benzene rings is 1. The summed E-state index contributed by atoms with van der Waals surface area (Å²) in [6, 6.07) is 5.55. The Bertz CT molecular complexity index is 200. The molecule has 48 valence electrons. The van der Waals surface area contributed by atoms with Gasteiger partial charge in [-0.1, -0.05) is 29.3 Å². The molecular formula is C8H9LiO. The molecule has 0 atom stereocenters. The van der Waals surface area contributed by atoms with Gasteiger partial charge in [0.25, 0.3) is 0 Å². The van der Waals surface area contributed by atoms with Crippen molar-refractivity contribution >= 4 is 0 Å². The number of hydrogen-bond donors (Lipinski definition) is 0. The summed E-state index contributed by atoms with van der Waals surface area (Å²) in [4.78, 5) is 0. The van der Waals surface area contributed by atoms with Crippen LogP contribution in [0, 0.1) is 13.8 Å². The normalized spacial score (nSPS) is 8.60. The Labute approximate surface area is 73.3 Å². The zero-order valence-corrected chi connectivity index (χ0v) is 6.64. The van der Waals surface area contributed by atoms with Gasteiger partial charge in [-0.15, -0.1) is 5.75 Å². The molecular weight excluding hydrogens is 119 g/mol. The standard InChI is InChI=1S/C8H10O.Li/c1-6-4-3-5-7(2)8(6)9;/h3-5,9H,1-2H3;/q;+1/p-1. The maximum atomic E-state index is 11.0. The fraction of sp³-hybridized carbons (Fsp3) is 0.250. The Kier molecular flexibility index (Phi) is 3.56. The summed E-state index contributed by atoms with van der Waals surface area (Å²) in [5.74, 6) is 0.164. The quantitative estimate of drug-likeness (QED) is 0.385. The van der Waals surface area contributed by atoms with E-state index in [1.807, 2.05) is 32.0 Å². The number of hydrogen-bond acceptors (Lipinski definition) is 1. The van der Waals surface area contributed by atoms with Gasteiger partial charge >= 0.3 is 18.9 Å². The minimum absolute atomic E-state index is 0. The van der Waals surface area contributed by atoms with Crippen LogP contribution in [0.25, 0.3) is 0 Å². The number of aryl methyl sites for hydroxylation is 2. The molecule has 1 aromatic rings. The molecule has 1 aromatic carbocycles. The molecule has 0 fully saturated rings. The first kappa shape index (κ1) is 9.62. The molecule has 0 radical (unpaired) electrons. The zero-order chi connectivity index (χ0) is 6.85. The van der Waals surface area contributed by atoms with E-state index in [1.54, 1.807) is 0 Å². The second-order valence-corrected chi connectivity index (χ2v) is 2.22. The fourth-order valence-electron chi connectivity index (χ4n) is 0.799. The van der Waals surface area contributed by atoms with Crippen molar-refractivity contribution in [1.29, 1.82) is 0 Å². The van der Waals surface area contributed by atoms with Crippen molar-refractivity contribution in [3.05, 3.63) is 29.3 Å². The van der Waals surface area contributed by atoms with Crippen LogP contribution >= 0.6 is 0 Å². The van der Waals surface area contributed by atoms with Gasteiger partial charge in [-0.05, 0) is 13.8 Å². The van der Waals surface area contributed by atoms with Gasteiger partial charge in [0.15, 0.2) is 0 Å². The smallest absolute Gasteiger partial charge is 0.872 e. The van der Waals surface area contributed by atoms with Crippen LogP contribution < -0.4 is 24.0 Å². The molecule has 0 aliphatic carbocycles. The molecule has 0 spiro atoms. The molecule has 2 heteroatoms. The maximum Gasteiger partial charge on any atom is 1.00 e. The Balaban J connectivity index is 0.000000810. The van der Waals surface area contributed by atoms with Crippen molar-refractivity contribution in [2.45, 2.75) is 13.8 Å². The molecule has 0 bridgehead atoms. The van der Waals surface area contributed by atoms with Gasteiger partial charge in [0.05, 0.1) is 0 Å². The predicted molar refractivity (Wildman–Crippen MR) is 35.4 cm³/mol. The third-order valence-electron chi connectivity index (χ3n) is 1.41. The van der Waals surface area contributed by atoms with E-state index in [1.165, 1.54) is 0 Å². The third kappa shape index (κ3) is 1.80. The summed E-state index contributed by atoms with van der Waals surface area (Å²) in [5.41, 5.74) is 1.66. The average molecular weight is 128 g/mol. The first-order valence-corrected chi connectivity index (χ1v) is 2.95. The summed E-state index contributed by atoms with van der Waals surface area (Å²) in [6.07, 6.45) is 0. The van der Waals surface area contributed by atoms with Gasteiger partial charge in [-0.25, -0.2) is 0 Å². The van der Waals surface area contributed by atoms with Crippen LogP contribution in [0.15, 0.2) is 18.2 Å². The average Bonchev–Trinajstić information content (AvgIpc) is 1.83. The van der Waals surface area contributed by atoms with Crippen molar-refractivity contribution in [3.8, 4) is 5.75 Å². The molecule has 0 aromatic heterocycles. The topological polar surface area (TPSA) is 23.1 Å². The van der Waals surface area contributed by atoms with E-state index in [0.29, 0.717) is 0 Å². The second-order valence-electron chi connectivity index (χ2n) is 2.22. The van der Waals surface area contributed by atoms with E-state index in [9.17, 15) is 5.11 Å². The van der Waals surface area contributed by atoms with E-state index in [4.69, 9.17) is 0 Å². The van der Waals surface area contributed by atoms with E-state index in [0.717, 1.165) is 11.1 Å². The molecule has 0 N–H and O–H groups in total. The molecule has 0 saturated carbocycles. The van der Waals surface area contributed by atoms with Gasteiger partial charge in [0, 0.05) is 0 Å². The largest absolute Gasteiger partial charge is 1.00 e. The second kappa shape index (κ2) is 3.70. The van der Waals surface area contributed by atoms with E-state index >= 15 is 0 Å². The summed E-state index contributed by atoms with van der Waals surface area (Å²) < 4.78 is 0. The van der Waals surface area contributed by atoms with Gasteiger partial charge in [-0.2, -0.15) is 0 Å². The SMILES string of the molecule is Cc1cccc(C)c1[O-].[Li+]. The molecule has 1 nitrogen and oxygen atoms in total. The summed E-state index contributed by atoms with van der Waals surface area (Å²) in [6.45, 7) is 3.66. The third-order valence-corrected chi connectivity index (χ3v) is 1.41. The van der Waals surface area contributed by atoms with Crippen LogP contribution in [0.4, 0.5) is 0 Å². The van der Waals surface area contributed by atoms with Crippen molar-refractivity contribution in [2.75, 3.05) is 0 Å². The molecule has 0 aliphatic heterocycles.